The first-order chi connectivity index (χ1) is 8.69. The van der Waals surface area contributed by atoms with Crippen LogP contribution in [0.2, 0.25) is 0 Å². The number of ether oxygens (including phenoxy) is 1. The number of nitrogens with one attached hydrogen (secondary N) is 1. The number of halogens is 1. The van der Waals surface area contributed by atoms with Crippen molar-refractivity contribution in [2.45, 2.75) is 20.1 Å². The van der Waals surface area contributed by atoms with Gasteiger partial charge in [-0.2, -0.15) is 0 Å². The molecule has 18 heavy (non-hydrogen) atoms. The van der Waals surface area contributed by atoms with E-state index >= 15 is 0 Å². The molecule has 0 radical (unpaired) electrons. The molecule has 96 valence electrons. The molecule has 0 amide bonds. The molecule has 0 aliphatic rings. The third-order valence-corrected chi connectivity index (χ3v) is 2.92. The number of hydrogen-bond acceptors (Lipinski definition) is 5. The average Bonchev–Trinajstić information content (AvgIpc) is 2.74. The van der Waals surface area contributed by atoms with Crippen molar-refractivity contribution in [3.05, 3.63) is 40.0 Å². The van der Waals surface area contributed by atoms with Gasteiger partial charge in [0.05, 0.1) is 4.47 Å². The Morgan fingerprint density at radius 2 is 2.22 bits per heavy atom. The molecule has 1 heterocycles. The van der Waals surface area contributed by atoms with Gasteiger partial charge in [-0.1, -0.05) is 6.07 Å². The lowest BCUT2D eigenvalue weighted by Gasteiger charge is -2.08. The van der Waals surface area contributed by atoms with Crippen molar-refractivity contribution in [3.63, 3.8) is 0 Å². The fourth-order valence-corrected chi connectivity index (χ4v) is 2.05. The van der Waals surface area contributed by atoms with E-state index in [9.17, 15) is 0 Å². The Bertz CT molecular complexity index is 528. The van der Waals surface area contributed by atoms with Crippen molar-refractivity contribution in [1.29, 1.82) is 0 Å². The number of aromatic nitrogens is 2. The van der Waals surface area contributed by atoms with Crippen molar-refractivity contribution >= 4 is 15.9 Å². The second kappa shape index (κ2) is 5.97. The van der Waals surface area contributed by atoms with E-state index < -0.39 is 0 Å². The lowest BCUT2D eigenvalue weighted by Crippen LogP contribution is -2.05. The van der Waals surface area contributed by atoms with Gasteiger partial charge in [-0.3, -0.25) is 0 Å². The predicted octanol–water partition coefficient (Wildman–Crippen LogP) is 2.44. The molecule has 0 spiro atoms. The van der Waals surface area contributed by atoms with E-state index in [0.29, 0.717) is 11.8 Å². The topological polar surface area (TPSA) is 60.2 Å². The largest absolute Gasteiger partial charge is 0.483 e. The Hall–Kier alpha value is -1.40. The minimum Gasteiger partial charge on any atom is -0.483 e. The molecular formula is C12H14BrN3O2. The van der Waals surface area contributed by atoms with Gasteiger partial charge in [-0.15, -0.1) is 10.2 Å². The van der Waals surface area contributed by atoms with Gasteiger partial charge in [0.25, 0.3) is 5.89 Å². The third kappa shape index (κ3) is 3.30. The maximum Gasteiger partial charge on any atom is 0.253 e. The van der Waals surface area contributed by atoms with Gasteiger partial charge in [0.15, 0.2) is 6.61 Å². The minimum atomic E-state index is 0.269. The van der Waals surface area contributed by atoms with Crippen LogP contribution in [0.1, 0.15) is 17.3 Å². The Labute approximate surface area is 114 Å². The summed E-state index contributed by atoms with van der Waals surface area (Å²) in [7, 11) is 1.91. The van der Waals surface area contributed by atoms with E-state index in [1.54, 1.807) is 6.92 Å². The Morgan fingerprint density at radius 3 is 2.83 bits per heavy atom. The molecule has 0 aliphatic carbocycles. The van der Waals surface area contributed by atoms with E-state index in [-0.39, 0.29) is 6.61 Å². The van der Waals surface area contributed by atoms with E-state index in [0.717, 1.165) is 16.8 Å². The Balaban J connectivity index is 2.01. The number of hydrogen-bond donors (Lipinski definition) is 1. The van der Waals surface area contributed by atoms with Gasteiger partial charge < -0.3 is 14.5 Å². The average molecular weight is 312 g/mol. The van der Waals surface area contributed by atoms with E-state index in [1.807, 2.05) is 25.2 Å². The monoisotopic (exact) mass is 311 g/mol. The van der Waals surface area contributed by atoms with Gasteiger partial charge in [-0.05, 0) is 40.7 Å². The van der Waals surface area contributed by atoms with Crippen molar-refractivity contribution in [2.24, 2.45) is 0 Å². The summed E-state index contributed by atoms with van der Waals surface area (Å²) >= 11 is 3.48. The van der Waals surface area contributed by atoms with Crippen LogP contribution in [0.3, 0.4) is 0 Å². The first-order valence-corrected chi connectivity index (χ1v) is 6.33. The molecule has 0 atom stereocenters. The summed E-state index contributed by atoms with van der Waals surface area (Å²) in [6.07, 6.45) is 0. The van der Waals surface area contributed by atoms with Crippen molar-refractivity contribution in [3.8, 4) is 5.75 Å². The van der Waals surface area contributed by atoms with Gasteiger partial charge in [0.1, 0.15) is 5.75 Å². The molecule has 0 fully saturated rings. The predicted molar refractivity (Wildman–Crippen MR) is 70.3 cm³/mol. The molecule has 0 unspecified atom stereocenters. The summed E-state index contributed by atoms with van der Waals surface area (Å²) in [6.45, 7) is 2.84. The number of benzene rings is 1. The number of nitrogens with zero attached hydrogens (tertiary/aromatic N) is 2. The van der Waals surface area contributed by atoms with Crippen LogP contribution in [-0.4, -0.2) is 17.2 Å². The number of rotatable bonds is 5. The van der Waals surface area contributed by atoms with Crippen LogP contribution in [0.25, 0.3) is 0 Å². The van der Waals surface area contributed by atoms with Crippen molar-refractivity contribution in [1.82, 2.24) is 15.5 Å². The van der Waals surface area contributed by atoms with Gasteiger partial charge >= 0.3 is 0 Å². The molecule has 6 heteroatoms. The lowest BCUT2D eigenvalue weighted by molar-refractivity contribution is 0.259. The molecule has 0 saturated carbocycles. The molecule has 0 bridgehead atoms. The summed E-state index contributed by atoms with van der Waals surface area (Å²) < 4.78 is 11.7. The van der Waals surface area contributed by atoms with E-state index in [2.05, 4.69) is 31.4 Å². The SMILES string of the molecule is CNCc1ccc(OCc2nnc(C)o2)c(Br)c1. The van der Waals surface area contributed by atoms with Gasteiger partial charge in [0.2, 0.25) is 5.89 Å². The number of aryl methyl sites for hydroxylation is 1. The molecule has 0 saturated heterocycles. The van der Waals surface area contributed by atoms with Gasteiger partial charge in [0, 0.05) is 13.5 Å². The molecule has 2 rings (SSSR count). The van der Waals surface area contributed by atoms with Crippen LogP contribution in [-0.2, 0) is 13.2 Å². The summed E-state index contributed by atoms with van der Waals surface area (Å²) in [5.74, 6) is 1.77. The summed E-state index contributed by atoms with van der Waals surface area (Å²) in [4.78, 5) is 0. The maximum absolute atomic E-state index is 5.61. The van der Waals surface area contributed by atoms with Crippen molar-refractivity contribution in [2.75, 3.05) is 7.05 Å². The van der Waals surface area contributed by atoms with Crippen LogP contribution >= 0.6 is 15.9 Å². The first-order valence-electron chi connectivity index (χ1n) is 5.54. The zero-order valence-corrected chi connectivity index (χ0v) is 11.8. The molecular weight excluding hydrogens is 298 g/mol. The Kier molecular flexibility index (Phi) is 4.33. The quantitative estimate of drug-likeness (QED) is 0.919. The summed E-state index contributed by atoms with van der Waals surface area (Å²) in [5.41, 5.74) is 1.19. The highest BCUT2D eigenvalue weighted by atomic mass is 79.9. The van der Waals surface area contributed by atoms with E-state index in [4.69, 9.17) is 9.15 Å². The zero-order chi connectivity index (χ0) is 13.0. The smallest absolute Gasteiger partial charge is 0.253 e. The van der Waals surface area contributed by atoms with Crippen LogP contribution < -0.4 is 10.1 Å². The van der Waals surface area contributed by atoms with Crippen LogP contribution in [0, 0.1) is 6.92 Å². The van der Waals surface area contributed by atoms with Crippen molar-refractivity contribution < 1.29 is 9.15 Å². The fraction of sp³-hybridized carbons (Fsp3) is 0.333. The van der Waals surface area contributed by atoms with Gasteiger partial charge in [-0.25, -0.2) is 0 Å². The van der Waals surface area contributed by atoms with Crippen LogP contribution in [0.15, 0.2) is 27.1 Å². The highest BCUT2D eigenvalue weighted by Crippen LogP contribution is 2.26. The minimum absolute atomic E-state index is 0.269. The normalized spacial score (nSPS) is 10.6. The maximum atomic E-state index is 5.61. The molecule has 2 aromatic rings. The van der Waals surface area contributed by atoms with E-state index in [1.165, 1.54) is 5.56 Å². The summed E-state index contributed by atoms with van der Waals surface area (Å²) in [5, 5.41) is 10.7. The summed E-state index contributed by atoms with van der Waals surface area (Å²) in [6, 6.07) is 5.94. The molecule has 0 aliphatic heterocycles. The first kappa shape index (κ1) is 13.0. The second-order valence-electron chi connectivity index (χ2n) is 3.80. The van der Waals surface area contributed by atoms with Crippen LogP contribution in [0.4, 0.5) is 0 Å². The fourth-order valence-electron chi connectivity index (χ4n) is 1.51. The zero-order valence-electron chi connectivity index (χ0n) is 10.2. The highest BCUT2D eigenvalue weighted by Gasteiger charge is 2.06. The highest BCUT2D eigenvalue weighted by molar-refractivity contribution is 9.10. The molecule has 1 aromatic carbocycles. The molecule has 1 aromatic heterocycles. The third-order valence-electron chi connectivity index (χ3n) is 2.30. The molecule has 1 N–H and O–H groups in total. The Morgan fingerprint density at radius 1 is 1.39 bits per heavy atom. The van der Waals surface area contributed by atoms with Crippen LogP contribution in [0.5, 0.6) is 5.75 Å². The second-order valence-corrected chi connectivity index (χ2v) is 4.65. The lowest BCUT2D eigenvalue weighted by atomic mass is 10.2. The molecule has 5 nitrogen and oxygen atoms in total. The standard InChI is InChI=1S/C12H14BrN3O2/c1-8-15-16-12(18-8)7-17-11-4-3-9(6-14-2)5-10(11)13/h3-5,14H,6-7H2,1-2H3.